The zero-order valence-electron chi connectivity index (χ0n) is 36.6. The molecule has 10 nitrogen and oxygen atoms in total. The summed E-state index contributed by atoms with van der Waals surface area (Å²) in [5.41, 5.74) is 6.66. The van der Waals surface area contributed by atoms with Crippen molar-refractivity contribution in [3.63, 3.8) is 0 Å². The van der Waals surface area contributed by atoms with Gasteiger partial charge in [0.25, 0.3) is 0 Å². The topological polar surface area (TPSA) is 123 Å². The van der Waals surface area contributed by atoms with Gasteiger partial charge in [-0.2, -0.15) is 5.26 Å². The fourth-order valence-electron chi connectivity index (χ4n) is 7.93. The molecule has 2 aromatic heterocycles. The number of carbonyl (C=O) groups excluding carboxylic acids is 1. The number of pyridine rings is 1. The summed E-state index contributed by atoms with van der Waals surface area (Å²) in [5, 5.41) is 17.0. The van der Waals surface area contributed by atoms with Crippen molar-refractivity contribution in [2.24, 2.45) is 0 Å². The molecule has 0 aliphatic rings. The number of hydrogen-bond acceptors (Lipinski definition) is 8. The Morgan fingerprint density at radius 1 is 0.758 bits per heavy atom. The molecule has 62 heavy (non-hydrogen) atoms. The second-order valence-electron chi connectivity index (χ2n) is 17.1. The van der Waals surface area contributed by atoms with Gasteiger partial charge in [0.05, 0.1) is 42.3 Å². The maximum Gasteiger partial charge on any atom is 0.407 e. The van der Waals surface area contributed by atoms with Gasteiger partial charge in [0.2, 0.25) is 0 Å². The van der Waals surface area contributed by atoms with E-state index in [0.717, 1.165) is 55.6 Å². The van der Waals surface area contributed by atoms with Gasteiger partial charge in [0.1, 0.15) is 29.1 Å². The van der Waals surface area contributed by atoms with Gasteiger partial charge in [-0.05, 0) is 87.4 Å². The third-order valence-corrected chi connectivity index (χ3v) is 10.7. The van der Waals surface area contributed by atoms with Gasteiger partial charge in [-0.15, -0.1) is 0 Å². The van der Waals surface area contributed by atoms with E-state index in [4.69, 9.17) is 24.2 Å². The van der Waals surface area contributed by atoms with Crippen molar-refractivity contribution in [1.82, 2.24) is 19.9 Å². The first kappa shape index (κ1) is 43.5. The second-order valence-corrected chi connectivity index (χ2v) is 17.1. The van der Waals surface area contributed by atoms with E-state index in [1.165, 1.54) is 0 Å². The monoisotopic (exact) mass is 828 g/mol. The van der Waals surface area contributed by atoms with Crippen LogP contribution in [0.2, 0.25) is 0 Å². The van der Waals surface area contributed by atoms with Crippen molar-refractivity contribution in [1.29, 1.82) is 5.26 Å². The summed E-state index contributed by atoms with van der Waals surface area (Å²) >= 11 is 0. The Morgan fingerprint density at radius 3 is 1.90 bits per heavy atom. The number of anilines is 1. The number of nitrogens with zero attached hydrogens (tertiary/aromatic N) is 4. The molecule has 7 rings (SSSR count). The van der Waals surface area contributed by atoms with E-state index in [1.54, 1.807) is 0 Å². The predicted octanol–water partition coefficient (Wildman–Crippen LogP) is 10.5. The Morgan fingerprint density at radius 2 is 1.34 bits per heavy atom. The molecule has 0 spiro atoms. The molecule has 7 aromatic rings. The number of ether oxygens (including phenoxy) is 3. The molecule has 1 amide bonds. The van der Waals surface area contributed by atoms with Crippen molar-refractivity contribution in [3.8, 4) is 6.07 Å². The molecule has 0 saturated carbocycles. The summed E-state index contributed by atoms with van der Waals surface area (Å²) in [6.07, 6.45) is 0.595. The molecule has 318 valence electrons. The van der Waals surface area contributed by atoms with Gasteiger partial charge in [0.15, 0.2) is 5.82 Å². The molecule has 0 fully saturated rings. The highest BCUT2D eigenvalue weighted by molar-refractivity contribution is 6.07. The van der Waals surface area contributed by atoms with Crippen molar-refractivity contribution in [3.05, 3.63) is 173 Å². The lowest BCUT2D eigenvalue weighted by molar-refractivity contribution is -0.0291. The van der Waals surface area contributed by atoms with Crippen LogP contribution in [-0.4, -0.2) is 51.6 Å². The molecular weight excluding hydrogens is 773 g/mol. The summed E-state index contributed by atoms with van der Waals surface area (Å²) < 4.78 is 20.2. The largest absolute Gasteiger partial charge is 0.444 e. The molecule has 0 saturated heterocycles. The molecule has 2 N–H and O–H groups in total. The first-order valence-corrected chi connectivity index (χ1v) is 21.3. The number of imidazole rings is 1. The average molecular weight is 829 g/mol. The fraction of sp³-hybridized carbons (Fsp3) is 0.308. The number of aromatic nitrogens is 3. The molecule has 10 heteroatoms. The van der Waals surface area contributed by atoms with E-state index < -0.39 is 22.8 Å². The number of fused-ring (bicyclic) bond motifs is 3. The minimum atomic E-state index is -0.868. The van der Waals surface area contributed by atoms with Gasteiger partial charge in [-0.1, -0.05) is 127 Å². The minimum absolute atomic E-state index is 0.281. The van der Waals surface area contributed by atoms with Crippen LogP contribution in [0.3, 0.4) is 0 Å². The maximum absolute atomic E-state index is 12.4. The van der Waals surface area contributed by atoms with E-state index in [9.17, 15) is 10.1 Å². The number of carbonyl (C=O) groups is 1. The SMILES string of the molecule is CCOCc1nc2c(NC(c3ccccc3)(c3ccccc3)c3ccccc3)nc3cc(Cc4ccc(CC#N)cc4)ccc3c2n1CC(C)(C)OCCNC(=O)OC(C)(C)C. The lowest BCUT2D eigenvalue weighted by Crippen LogP contribution is -2.38. The van der Waals surface area contributed by atoms with Crippen LogP contribution in [0.1, 0.15) is 80.7 Å². The Kier molecular flexibility index (Phi) is 13.4. The zero-order chi connectivity index (χ0) is 43.7. The van der Waals surface area contributed by atoms with Crippen LogP contribution in [0.15, 0.2) is 133 Å². The molecular formula is C52H56N6O4. The number of rotatable bonds is 17. The smallest absolute Gasteiger partial charge is 0.407 e. The van der Waals surface area contributed by atoms with Crippen LogP contribution in [-0.2, 0) is 45.7 Å². The first-order valence-electron chi connectivity index (χ1n) is 21.3. The Labute approximate surface area is 364 Å². The molecule has 0 radical (unpaired) electrons. The van der Waals surface area contributed by atoms with Gasteiger partial charge < -0.3 is 29.4 Å². The van der Waals surface area contributed by atoms with Crippen LogP contribution in [0.5, 0.6) is 0 Å². The summed E-state index contributed by atoms with van der Waals surface area (Å²) in [7, 11) is 0. The van der Waals surface area contributed by atoms with Crippen LogP contribution >= 0.6 is 0 Å². The van der Waals surface area contributed by atoms with Crippen molar-refractivity contribution in [2.45, 2.75) is 84.3 Å². The molecule has 0 bridgehead atoms. The van der Waals surface area contributed by atoms with Crippen LogP contribution in [0.4, 0.5) is 10.6 Å². The van der Waals surface area contributed by atoms with Crippen molar-refractivity contribution >= 4 is 33.8 Å². The van der Waals surface area contributed by atoms with E-state index in [-0.39, 0.29) is 13.2 Å². The summed E-state index contributed by atoms with van der Waals surface area (Å²) in [5.74, 6) is 1.37. The van der Waals surface area contributed by atoms with Gasteiger partial charge >= 0.3 is 6.09 Å². The lowest BCUT2D eigenvalue weighted by Gasteiger charge is -2.37. The normalized spacial score (nSPS) is 12.0. The fourth-order valence-corrected chi connectivity index (χ4v) is 7.93. The Bertz CT molecular complexity index is 2530. The van der Waals surface area contributed by atoms with Crippen LogP contribution < -0.4 is 10.6 Å². The highest BCUT2D eigenvalue weighted by atomic mass is 16.6. The average Bonchev–Trinajstić information content (AvgIpc) is 3.62. The zero-order valence-corrected chi connectivity index (χ0v) is 36.6. The quantitative estimate of drug-likeness (QED) is 0.0687. The Hall–Kier alpha value is -6.54. The van der Waals surface area contributed by atoms with Gasteiger partial charge in [-0.3, -0.25) is 0 Å². The lowest BCUT2D eigenvalue weighted by atomic mass is 9.77. The third-order valence-electron chi connectivity index (χ3n) is 10.7. The van der Waals surface area contributed by atoms with E-state index in [1.807, 2.05) is 71.9 Å². The molecule has 2 heterocycles. The number of nitriles is 1. The highest BCUT2D eigenvalue weighted by Gasteiger charge is 2.38. The molecule has 0 unspecified atom stereocenters. The summed E-state index contributed by atoms with van der Waals surface area (Å²) in [6.45, 7) is 13.4. The van der Waals surface area contributed by atoms with Crippen LogP contribution in [0.25, 0.3) is 21.9 Å². The molecule has 0 aliphatic heterocycles. The number of amides is 1. The van der Waals surface area contributed by atoms with Crippen LogP contribution in [0, 0.1) is 11.3 Å². The van der Waals surface area contributed by atoms with E-state index >= 15 is 0 Å². The molecule has 0 aliphatic carbocycles. The summed E-state index contributed by atoms with van der Waals surface area (Å²) in [4.78, 5) is 23.3. The number of benzene rings is 5. The van der Waals surface area contributed by atoms with E-state index in [2.05, 4.69) is 124 Å². The Balaban J connectivity index is 1.39. The second kappa shape index (κ2) is 19.0. The van der Waals surface area contributed by atoms with Gasteiger partial charge in [-0.25, -0.2) is 14.8 Å². The molecule has 5 aromatic carbocycles. The molecule has 0 atom stereocenters. The number of alkyl carbamates (subject to hydrolysis) is 1. The minimum Gasteiger partial charge on any atom is -0.444 e. The maximum atomic E-state index is 12.4. The van der Waals surface area contributed by atoms with Crippen molar-refractivity contribution in [2.75, 3.05) is 25.1 Å². The predicted molar refractivity (Wildman–Crippen MR) is 246 cm³/mol. The standard InChI is InChI=1S/C52H56N6O4/c1-7-60-35-45-56-46-47(58(45)36-51(5,6)61-32-31-54-49(59)62-50(2,3)4)43-28-27-39(33-38-25-23-37(24-26-38)29-30-53)34-44(43)55-48(46)57-52(40-17-11-8-12-18-40,41-19-13-9-14-20-41)42-21-15-10-16-22-42/h8-28,34H,7,29,31-33,35-36H2,1-6H3,(H,54,59)(H,55,57). The highest BCUT2D eigenvalue weighted by Crippen LogP contribution is 2.42. The van der Waals surface area contributed by atoms with E-state index in [0.29, 0.717) is 43.9 Å². The van der Waals surface area contributed by atoms with Gasteiger partial charge in [0, 0.05) is 18.5 Å². The number of nitrogens with one attached hydrogen (secondary N) is 2. The summed E-state index contributed by atoms with van der Waals surface area (Å²) in [6, 6.07) is 48.4. The third kappa shape index (κ3) is 10.1. The first-order chi connectivity index (χ1) is 29.9. The van der Waals surface area contributed by atoms with Crippen molar-refractivity contribution < 1.29 is 19.0 Å². The number of hydrogen-bond donors (Lipinski definition) is 2.